The predicted octanol–water partition coefficient (Wildman–Crippen LogP) is 1.02. The van der Waals surface area contributed by atoms with Crippen LogP contribution < -0.4 is 16.4 Å². The topological polar surface area (TPSA) is 143 Å². The number of primary amides is 1. The summed E-state index contributed by atoms with van der Waals surface area (Å²) in [4.78, 5) is 24.8. The smallest absolute Gasteiger partial charge is 0.251 e. The number of nitriles is 1. The Morgan fingerprint density at radius 3 is 2.72 bits per heavy atom. The van der Waals surface area contributed by atoms with Crippen molar-refractivity contribution in [3.05, 3.63) is 47.9 Å². The Kier molecular flexibility index (Phi) is 4.56. The Morgan fingerprint density at radius 2 is 2.06 bits per heavy atom. The molecule has 4 heterocycles. The van der Waals surface area contributed by atoms with E-state index < -0.39 is 5.91 Å². The van der Waals surface area contributed by atoms with Crippen molar-refractivity contribution >= 4 is 17.4 Å². The molecule has 0 unspecified atom stereocenters. The Bertz CT molecular complexity index is 1250. The van der Waals surface area contributed by atoms with Crippen LogP contribution in [0.3, 0.4) is 0 Å². The second-order valence-electron chi connectivity index (χ2n) is 8.69. The maximum absolute atomic E-state index is 11.4. The fraction of sp³-hybridized carbons (Fsp3) is 0.318. The van der Waals surface area contributed by atoms with Crippen molar-refractivity contribution in [2.75, 3.05) is 43.9 Å². The summed E-state index contributed by atoms with van der Waals surface area (Å²) in [7, 11) is 2.16. The predicted molar refractivity (Wildman–Crippen MR) is 119 cm³/mol. The number of hydrogen-bond acceptors (Lipinski definition) is 8. The van der Waals surface area contributed by atoms with E-state index in [1.165, 1.54) is 23.5 Å². The summed E-state index contributed by atoms with van der Waals surface area (Å²) in [6.45, 7) is 4.18. The van der Waals surface area contributed by atoms with E-state index in [1.54, 1.807) is 6.20 Å². The lowest BCUT2D eigenvalue weighted by Gasteiger charge is -2.49. The van der Waals surface area contributed by atoms with Crippen molar-refractivity contribution in [2.45, 2.75) is 6.42 Å². The first-order valence-electron chi connectivity index (χ1n) is 10.3. The van der Waals surface area contributed by atoms with Crippen LogP contribution in [0.1, 0.15) is 22.3 Å². The summed E-state index contributed by atoms with van der Waals surface area (Å²) in [6, 6.07) is 8.05. The van der Waals surface area contributed by atoms with Gasteiger partial charge in [-0.3, -0.25) is 4.79 Å². The summed E-state index contributed by atoms with van der Waals surface area (Å²) < 4.78 is 1.36. The molecule has 0 bridgehead atoms. The zero-order valence-electron chi connectivity index (χ0n) is 17.7. The highest BCUT2D eigenvalue weighted by Crippen LogP contribution is 2.42. The molecule has 2 aliphatic rings. The lowest BCUT2D eigenvalue weighted by atomic mass is 9.78. The second-order valence-corrected chi connectivity index (χ2v) is 8.69. The molecule has 1 amide bonds. The molecule has 2 aromatic heterocycles. The molecule has 2 aliphatic heterocycles. The number of amides is 1. The number of aromatic nitrogens is 4. The van der Waals surface area contributed by atoms with Gasteiger partial charge in [-0.2, -0.15) is 10.4 Å². The van der Waals surface area contributed by atoms with Crippen LogP contribution in [0.15, 0.2) is 36.8 Å². The lowest BCUT2D eigenvalue weighted by Crippen LogP contribution is -2.57. The Balaban J connectivity index is 1.43. The first kappa shape index (κ1) is 20.0. The molecule has 1 spiro atoms. The van der Waals surface area contributed by atoms with E-state index in [9.17, 15) is 10.1 Å². The summed E-state index contributed by atoms with van der Waals surface area (Å²) in [5.41, 5.74) is 14.7. The molecule has 1 aromatic carbocycles. The van der Waals surface area contributed by atoms with Gasteiger partial charge in [0.1, 0.15) is 6.07 Å². The molecule has 10 heteroatoms. The SMILES string of the molecule is CN1CCC2(C1)CN(c1ccc(-c3cnc(N)c(-n4cc(C(N)=O)cn4)n3)cc1C#N)C2. The summed E-state index contributed by atoms with van der Waals surface area (Å²) in [6.07, 6.45) is 5.56. The number of carbonyl (C=O) groups excluding carboxylic acids is 1. The zero-order chi connectivity index (χ0) is 22.5. The maximum Gasteiger partial charge on any atom is 0.251 e. The largest absolute Gasteiger partial charge is 0.381 e. The normalized spacial score (nSPS) is 17.3. The summed E-state index contributed by atoms with van der Waals surface area (Å²) in [5, 5.41) is 13.9. The summed E-state index contributed by atoms with van der Waals surface area (Å²) in [5.74, 6) is -0.143. The third kappa shape index (κ3) is 3.33. The van der Waals surface area contributed by atoms with Crippen LogP contribution in [0.5, 0.6) is 0 Å². The van der Waals surface area contributed by atoms with Gasteiger partial charge in [0.2, 0.25) is 0 Å². The molecule has 0 radical (unpaired) electrons. The van der Waals surface area contributed by atoms with E-state index in [4.69, 9.17) is 11.5 Å². The quantitative estimate of drug-likeness (QED) is 0.626. The highest BCUT2D eigenvalue weighted by molar-refractivity contribution is 5.92. The summed E-state index contributed by atoms with van der Waals surface area (Å²) >= 11 is 0. The lowest BCUT2D eigenvalue weighted by molar-refractivity contribution is 0.100. The third-order valence-electron chi connectivity index (χ3n) is 6.30. The number of nitrogen functional groups attached to an aromatic ring is 1. The van der Waals surface area contributed by atoms with Crippen LogP contribution >= 0.6 is 0 Å². The molecular formula is C22H23N9O. The minimum absolute atomic E-state index is 0.164. The maximum atomic E-state index is 11.4. The molecule has 3 aromatic rings. The number of anilines is 2. The van der Waals surface area contributed by atoms with E-state index in [1.807, 2.05) is 18.2 Å². The van der Waals surface area contributed by atoms with Crippen LogP contribution in [0, 0.1) is 16.7 Å². The van der Waals surface area contributed by atoms with E-state index >= 15 is 0 Å². The molecule has 0 aliphatic carbocycles. The van der Waals surface area contributed by atoms with Gasteiger partial charge in [-0.1, -0.05) is 6.07 Å². The highest BCUT2D eigenvalue weighted by atomic mass is 16.1. The molecule has 10 nitrogen and oxygen atoms in total. The van der Waals surface area contributed by atoms with Gasteiger partial charge in [0, 0.05) is 36.8 Å². The fourth-order valence-electron chi connectivity index (χ4n) is 4.67. The number of benzene rings is 1. The van der Waals surface area contributed by atoms with Gasteiger partial charge < -0.3 is 21.3 Å². The van der Waals surface area contributed by atoms with Crippen molar-refractivity contribution in [3.63, 3.8) is 0 Å². The van der Waals surface area contributed by atoms with Gasteiger partial charge in [-0.15, -0.1) is 0 Å². The number of nitrogens with two attached hydrogens (primary N) is 2. The number of likely N-dealkylation sites (tertiary alicyclic amines) is 1. The Labute approximate surface area is 185 Å². The molecule has 32 heavy (non-hydrogen) atoms. The van der Waals surface area contributed by atoms with E-state index in [0.717, 1.165) is 37.4 Å². The van der Waals surface area contributed by atoms with Crippen LogP contribution in [-0.4, -0.2) is 63.8 Å². The van der Waals surface area contributed by atoms with Gasteiger partial charge >= 0.3 is 0 Å². The third-order valence-corrected chi connectivity index (χ3v) is 6.30. The highest BCUT2D eigenvalue weighted by Gasteiger charge is 2.47. The van der Waals surface area contributed by atoms with Crippen LogP contribution in [0.2, 0.25) is 0 Å². The molecule has 0 saturated carbocycles. The van der Waals surface area contributed by atoms with Gasteiger partial charge in [0.25, 0.3) is 5.91 Å². The van der Waals surface area contributed by atoms with Crippen molar-refractivity contribution in [3.8, 4) is 23.1 Å². The molecule has 5 rings (SSSR count). The molecule has 2 fully saturated rings. The first-order chi connectivity index (χ1) is 15.4. The number of hydrogen-bond donors (Lipinski definition) is 2. The van der Waals surface area contributed by atoms with E-state index in [2.05, 4.69) is 38.0 Å². The number of rotatable bonds is 4. The number of nitrogens with zero attached hydrogens (tertiary/aromatic N) is 7. The van der Waals surface area contributed by atoms with E-state index in [-0.39, 0.29) is 17.2 Å². The average molecular weight is 429 g/mol. The first-order valence-corrected chi connectivity index (χ1v) is 10.3. The zero-order valence-corrected chi connectivity index (χ0v) is 17.7. The average Bonchev–Trinajstić information content (AvgIpc) is 3.40. The fourth-order valence-corrected chi connectivity index (χ4v) is 4.67. The van der Waals surface area contributed by atoms with Gasteiger partial charge in [0.15, 0.2) is 11.6 Å². The van der Waals surface area contributed by atoms with Gasteiger partial charge in [-0.25, -0.2) is 14.6 Å². The van der Waals surface area contributed by atoms with Gasteiger partial charge in [0.05, 0.1) is 34.9 Å². The number of carbonyl (C=O) groups is 1. The van der Waals surface area contributed by atoms with Gasteiger partial charge in [-0.05, 0) is 32.1 Å². The molecule has 162 valence electrons. The van der Waals surface area contributed by atoms with E-state index in [0.29, 0.717) is 16.7 Å². The van der Waals surface area contributed by atoms with Crippen molar-refractivity contribution < 1.29 is 4.79 Å². The van der Waals surface area contributed by atoms with Crippen LogP contribution in [0.4, 0.5) is 11.5 Å². The molecule has 0 atom stereocenters. The Morgan fingerprint density at radius 1 is 1.25 bits per heavy atom. The molecule has 2 saturated heterocycles. The minimum atomic E-state index is -0.592. The van der Waals surface area contributed by atoms with Crippen molar-refractivity contribution in [1.29, 1.82) is 5.26 Å². The minimum Gasteiger partial charge on any atom is -0.381 e. The Hall–Kier alpha value is -3.97. The van der Waals surface area contributed by atoms with Crippen molar-refractivity contribution in [2.24, 2.45) is 11.1 Å². The van der Waals surface area contributed by atoms with Crippen LogP contribution in [-0.2, 0) is 0 Å². The second kappa shape index (κ2) is 7.32. The van der Waals surface area contributed by atoms with Crippen molar-refractivity contribution in [1.82, 2.24) is 24.6 Å². The molecular weight excluding hydrogens is 406 g/mol. The molecule has 4 N–H and O–H groups in total. The monoisotopic (exact) mass is 429 g/mol. The standard InChI is InChI=1S/C22H23N9O/c1-29-5-4-22(11-29)12-30(13-22)18-3-2-14(6-15(18)7-23)17-9-26-19(24)21(28-17)31-10-16(8-27-31)20(25)32/h2-3,6,8-10H,4-5,11-13H2,1H3,(H2,24,26)(H2,25,32). The van der Waals surface area contributed by atoms with Crippen LogP contribution in [0.25, 0.3) is 17.1 Å².